The Hall–Kier alpha value is -13.4. The third-order valence-electron chi connectivity index (χ3n) is 24.2. The van der Waals surface area contributed by atoms with E-state index in [-0.39, 0.29) is 0 Å². The van der Waals surface area contributed by atoms with Gasteiger partial charge in [-0.1, -0.05) is 279 Å². The van der Waals surface area contributed by atoms with Crippen LogP contribution in [0.5, 0.6) is 0 Å². The largest absolute Gasteiger partial charge is 0.454 e. The monoisotopic (exact) mass is 1360 g/mol. The van der Waals surface area contributed by atoms with Gasteiger partial charge in [-0.15, -0.1) is 11.3 Å². The van der Waals surface area contributed by atoms with Crippen LogP contribution in [0, 0.1) is 0 Å². The van der Waals surface area contributed by atoms with Crippen molar-refractivity contribution in [2.75, 3.05) is 9.80 Å². The first-order valence-electron chi connectivity index (χ1n) is 36.8. The second-order valence-corrected chi connectivity index (χ2v) is 30.2. The predicted molar refractivity (Wildman–Crippen MR) is 444 cm³/mol. The molecule has 4 heteroatoms. The second-order valence-electron chi connectivity index (χ2n) is 29.1. The van der Waals surface area contributed by atoms with E-state index in [0.29, 0.717) is 0 Å². The molecule has 2 heterocycles. The van der Waals surface area contributed by atoms with Crippen LogP contribution in [0.4, 0.5) is 34.1 Å². The molecule has 0 N–H and O–H groups in total. The highest BCUT2D eigenvalue weighted by atomic mass is 32.1. The fraction of sp³-hybridized carbons (Fsp3) is 0.0196. The van der Waals surface area contributed by atoms with E-state index >= 15 is 0 Å². The molecule has 0 fully saturated rings. The molecule has 4 aliphatic rings. The minimum Gasteiger partial charge on any atom is -0.454 e. The fourth-order valence-corrected chi connectivity index (χ4v) is 21.1. The molecule has 0 radical (unpaired) electrons. The molecule has 18 aromatic carbocycles. The Morgan fingerprint density at radius 2 is 0.670 bits per heavy atom. The summed E-state index contributed by atoms with van der Waals surface area (Å²) in [6.07, 6.45) is 0. The van der Waals surface area contributed by atoms with Gasteiger partial charge in [-0.3, -0.25) is 0 Å². The molecule has 0 aliphatic heterocycles. The Kier molecular flexibility index (Phi) is 11.9. The number of thiophene rings is 1. The van der Waals surface area contributed by atoms with E-state index in [0.717, 1.165) is 67.2 Å². The average Bonchev–Trinajstić information content (AvgIpc) is 1.50. The summed E-state index contributed by atoms with van der Waals surface area (Å²) in [6.45, 7) is 0. The minimum absolute atomic E-state index is 0.587. The molecule has 20 aromatic rings. The number of anilines is 6. The first-order valence-corrected chi connectivity index (χ1v) is 37.6. The van der Waals surface area contributed by atoms with Crippen LogP contribution in [-0.4, -0.2) is 0 Å². The number of hydrogen-bond acceptors (Lipinski definition) is 4. The summed E-state index contributed by atoms with van der Waals surface area (Å²) in [5.41, 5.74) is 30.0. The van der Waals surface area contributed by atoms with Crippen LogP contribution >= 0.6 is 11.3 Å². The van der Waals surface area contributed by atoms with E-state index < -0.39 is 10.8 Å². The maximum Gasteiger partial charge on any atom is 0.159 e. The predicted octanol–water partition coefficient (Wildman–Crippen LogP) is 27.9. The Bertz CT molecular complexity index is 7150. The summed E-state index contributed by atoms with van der Waals surface area (Å²) in [4.78, 5) is 4.99. The smallest absolute Gasteiger partial charge is 0.159 e. The number of para-hydroxylation sites is 3. The molecular weight excluding hydrogens is 1300 g/mol. The molecule has 2 spiro atoms. The van der Waals surface area contributed by atoms with Crippen molar-refractivity contribution in [1.29, 1.82) is 0 Å². The minimum atomic E-state index is -0.619. The summed E-state index contributed by atoms with van der Waals surface area (Å²) in [6, 6.07) is 137. The van der Waals surface area contributed by atoms with Crippen molar-refractivity contribution >= 4 is 131 Å². The molecule has 0 saturated carbocycles. The van der Waals surface area contributed by atoms with Gasteiger partial charge in [-0.25, -0.2) is 0 Å². The topological polar surface area (TPSA) is 19.6 Å². The zero-order valence-electron chi connectivity index (χ0n) is 57.4. The average molecular weight is 1360 g/mol. The van der Waals surface area contributed by atoms with Gasteiger partial charge in [0.15, 0.2) is 5.58 Å². The van der Waals surface area contributed by atoms with E-state index in [1.165, 1.54) is 152 Å². The molecule has 0 bridgehead atoms. The highest BCUT2D eigenvalue weighted by molar-refractivity contribution is 7.25. The van der Waals surface area contributed by atoms with Crippen molar-refractivity contribution in [2.24, 2.45) is 0 Å². The summed E-state index contributed by atoms with van der Waals surface area (Å²) in [5.74, 6) is 0. The maximum absolute atomic E-state index is 7.47. The third kappa shape index (κ3) is 7.59. The first kappa shape index (κ1) is 58.2. The van der Waals surface area contributed by atoms with E-state index in [2.05, 4.69) is 374 Å². The lowest BCUT2D eigenvalue weighted by Crippen LogP contribution is -2.26. The normalized spacial score (nSPS) is 13.6. The van der Waals surface area contributed by atoms with Gasteiger partial charge in [0.25, 0.3) is 0 Å². The number of nitrogens with zero attached hydrogens (tertiary/aromatic N) is 2. The lowest BCUT2D eigenvalue weighted by molar-refractivity contribution is 0.669. The number of hydrogen-bond donors (Lipinski definition) is 0. The van der Waals surface area contributed by atoms with E-state index in [4.69, 9.17) is 4.42 Å². The SMILES string of the molecule is c1ccc(N(c2ccc3sc4ccccc4c3c2)c2cc3c(c4ccccc24)-c2c(ccc4cc(-c5ccc6c(c5)oc5c(N(c7ccccc7)c7cc8c(c9ccccc79)-c7c(ccc9ccccc79)C87c8ccccc8-c8ccccc87)cccc56)ccc24)C32c3ccccc3-c3ccccc32)cc1. The molecule has 0 amide bonds. The van der Waals surface area contributed by atoms with Crippen molar-refractivity contribution in [1.82, 2.24) is 0 Å². The van der Waals surface area contributed by atoms with Crippen molar-refractivity contribution in [3.05, 3.63) is 408 Å². The Morgan fingerprint density at radius 3 is 1.27 bits per heavy atom. The van der Waals surface area contributed by atoms with E-state index in [1.807, 2.05) is 11.3 Å². The molecular formula is C102H60N2OS. The Balaban J connectivity index is 0.689. The van der Waals surface area contributed by atoms with Crippen molar-refractivity contribution < 1.29 is 4.42 Å². The number of furan rings is 1. The third-order valence-corrected chi connectivity index (χ3v) is 25.3. The van der Waals surface area contributed by atoms with Gasteiger partial charge in [-0.05, 0) is 217 Å². The zero-order valence-corrected chi connectivity index (χ0v) is 58.2. The molecule has 2 aromatic heterocycles. The number of fused-ring (bicyclic) bond motifs is 34. The molecule has 0 unspecified atom stereocenters. The second kappa shape index (κ2) is 21.6. The highest BCUT2D eigenvalue weighted by Crippen LogP contribution is 2.68. The van der Waals surface area contributed by atoms with Crippen LogP contribution in [-0.2, 0) is 10.8 Å². The number of benzene rings is 18. The van der Waals surface area contributed by atoms with Crippen LogP contribution in [0.3, 0.4) is 0 Å². The first-order chi connectivity index (χ1) is 52.6. The van der Waals surface area contributed by atoms with Crippen LogP contribution in [0.25, 0.3) is 141 Å². The van der Waals surface area contributed by atoms with Crippen LogP contribution in [0.15, 0.2) is 368 Å². The summed E-state index contributed by atoms with van der Waals surface area (Å²) < 4.78 is 10.1. The molecule has 0 saturated heterocycles. The summed E-state index contributed by atoms with van der Waals surface area (Å²) in [7, 11) is 0. The molecule has 0 atom stereocenters. The quantitative estimate of drug-likeness (QED) is 0.159. The zero-order chi connectivity index (χ0) is 69.1. The van der Waals surface area contributed by atoms with Gasteiger partial charge < -0.3 is 14.2 Å². The van der Waals surface area contributed by atoms with Gasteiger partial charge >= 0.3 is 0 Å². The Labute approximate surface area is 615 Å². The van der Waals surface area contributed by atoms with Gasteiger partial charge in [0.05, 0.1) is 27.9 Å². The standard InChI is InChI=1S/C102H60N2OS/c1-3-25-65(26-4-1)103(67-50-55-95-81(58-67)77-36-17-22-45-94(77)106-95)91-59-88-99(78-37-11-9-34-74(78)91)97-69-51-46-62(56-64(69)49-54-87(97)102(88)84-42-20-15-32-72(84)73-33-16-21-43-85(73)102)63-47-52-76-80-39-23-44-90(100(80)105-93(76)57-63)104(66-27-5-2-6-28-66)92-60-89-98(79-38-12-10-35-75(79)92)96-68-29-8-7-24-61(68)48-53-86(96)101(89)82-40-18-13-30-70(82)71-31-14-19-41-83(71)101/h1-60H. The van der Waals surface area contributed by atoms with E-state index in [9.17, 15) is 0 Å². The molecule has 490 valence electrons. The summed E-state index contributed by atoms with van der Waals surface area (Å²) >= 11 is 1.86. The van der Waals surface area contributed by atoms with Gasteiger partial charge in [0.2, 0.25) is 0 Å². The van der Waals surface area contributed by atoms with Crippen molar-refractivity contribution in [2.45, 2.75) is 10.8 Å². The van der Waals surface area contributed by atoms with E-state index in [1.54, 1.807) is 0 Å². The molecule has 4 aliphatic carbocycles. The molecule has 24 rings (SSSR count). The van der Waals surface area contributed by atoms with Crippen LogP contribution < -0.4 is 9.80 Å². The lowest BCUT2D eigenvalue weighted by Gasteiger charge is -2.33. The molecule has 3 nitrogen and oxygen atoms in total. The van der Waals surface area contributed by atoms with Crippen LogP contribution in [0.1, 0.15) is 44.5 Å². The highest BCUT2D eigenvalue weighted by Gasteiger charge is 2.55. The van der Waals surface area contributed by atoms with Gasteiger partial charge in [0, 0.05) is 58.8 Å². The Morgan fingerprint density at radius 1 is 0.226 bits per heavy atom. The summed E-state index contributed by atoms with van der Waals surface area (Å²) in [5, 5.41) is 14.4. The van der Waals surface area contributed by atoms with Crippen molar-refractivity contribution in [3.8, 4) is 55.6 Å². The lowest BCUT2D eigenvalue weighted by atomic mass is 9.70. The van der Waals surface area contributed by atoms with Gasteiger partial charge in [0.1, 0.15) is 5.58 Å². The van der Waals surface area contributed by atoms with Gasteiger partial charge in [-0.2, -0.15) is 0 Å². The molecule has 106 heavy (non-hydrogen) atoms. The number of rotatable bonds is 7. The van der Waals surface area contributed by atoms with Crippen molar-refractivity contribution in [3.63, 3.8) is 0 Å². The fourth-order valence-electron chi connectivity index (χ4n) is 20.1. The van der Waals surface area contributed by atoms with Crippen LogP contribution in [0.2, 0.25) is 0 Å². The maximum atomic E-state index is 7.47.